The SMILES string of the molecule is OCC1O[C@@H](Oc2c[nH]c3ccc(Br)c(Cl)c23)[C@@H](O)C(O)[C@H]1O. The van der Waals surface area contributed by atoms with Crippen LogP contribution in [0.5, 0.6) is 5.75 Å². The van der Waals surface area contributed by atoms with E-state index in [-0.39, 0.29) is 0 Å². The molecule has 2 aromatic rings. The van der Waals surface area contributed by atoms with Crippen molar-refractivity contribution in [1.29, 1.82) is 0 Å². The Balaban J connectivity index is 1.91. The molecule has 0 aliphatic carbocycles. The lowest BCUT2D eigenvalue weighted by Crippen LogP contribution is -2.60. The molecule has 5 atom stereocenters. The van der Waals surface area contributed by atoms with Crippen LogP contribution < -0.4 is 4.74 Å². The summed E-state index contributed by atoms with van der Waals surface area (Å²) in [5, 5.41) is 39.8. The third kappa shape index (κ3) is 2.96. The van der Waals surface area contributed by atoms with Gasteiger partial charge < -0.3 is 34.9 Å². The van der Waals surface area contributed by atoms with E-state index >= 15 is 0 Å². The van der Waals surface area contributed by atoms with E-state index < -0.39 is 37.3 Å². The number of halogens is 2. The molecule has 1 fully saturated rings. The highest BCUT2D eigenvalue weighted by Crippen LogP contribution is 2.38. The average molecular weight is 409 g/mol. The molecule has 1 aliphatic heterocycles. The lowest BCUT2D eigenvalue weighted by atomic mass is 9.99. The van der Waals surface area contributed by atoms with Crippen LogP contribution in [0.2, 0.25) is 5.02 Å². The maximum absolute atomic E-state index is 10.0. The molecule has 0 bridgehead atoms. The molecule has 126 valence electrons. The summed E-state index contributed by atoms with van der Waals surface area (Å²) in [6, 6.07) is 3.57. The zero-order valence-corrected chi connectivity index (χ0v) is 14.0. The number of ether oxygens (including phenoxy) is 2. The summed E-state index contributed by atoms with van der Waals surface area (Å²) in [6.07, 6.45) is -5.17. The minimum Gasteiger partial charge on any atom is -0.460 e. The Labute approximate surface area is 144 Å². The molecule has 1 aromatic heterocycles. The van der Waals surface area contributed by atoms with E-state index in [1.54, 1.807) is 18.3 Å². The molecule has 5 N–H and O–H groups in total. The van der Waals surface area contributed by atoms with Crippen molar-refractivity contribution >= 4 is 38.4 Å². The largest absolute Gasteiger partial charge is 0.460 e. The van der Waals surface area contributed by atoms with Crippen molar-refractivity contribution in [3.8, 4) is 5.75 Å². The predicted molar refractivity (Wildman–Crippen MR) is 85.4 cm³/mol. The Morgan fingerprint density at radius 2 is 1.96 bits per heavy atom. The fraction of sp³-hybridized carbons (Fsp3) is 0.429. The molecule has 23 heavy (non-hydrogen) atoms. The quantitative estimate of drug-likeness (QED) is 0.512. The van der Waals surface area contributed by atoms with Gasteiger partial charge >= 0.3 is 0 Å². The predicted octanol–water partition coefficient (Wildman–Crippen LogP) is 0.762. The minimum atomic E-state index is -1.50. The van der Waals surface area contributed by atoms with Gasteiger partial charge in [0.25, 0.3) is 0 Å². The number of hydrogen-bond donors (Lipinski definition) is 5. The van der Waals surface area contributed by atoms with Crippen molar-refractivity contribution in [2.75, 3.05) is 6.61 Å². The standard InChI is InChI=1S/C14H15BrClNO6/c15-5-1-2-6-9(10(5)16)7(3-17-6)22-14-13(21)12(20)11(19)8(4-18)23-14/h1-3,8,11-14,17-21H,4H2/t8?,11-,12?,13-,14+/m0/s1. The fourth-order valence-corrected chi connectivity index (χ4v) is 3.10. The van der Waals surface area contributed by atoms with E-state index in [0.29, 0.717) is 20.6 Å². The van der Waals surface area contributed by atoms with Crippen LogP contribution in [-0.2, 0) is 4.74 Å². The van der Waals surface area contributed by atoms with Gasteiger partial charge in [0.15, 0.2) is 0 Å². The maximum Gasteiger partial charge on any atom is 0.229 e. The van der Waals surface area contributed by atoms with Gasteiger partial charge in [-0.3, -0.25) is 0 Å². The van der Waals surface area contributed by atoms with E-state index in [9.17, 15) is 20.4 Å². The number of aromatic amines is 1. The maximum atomic E-state index is 10.0. The van der Waals surface area contributed by atoms with Gasteiger partial charge in [0.2, 0.25) is 6.29 Å². The molecule has 1 saturated heterocycles. The molecule has 7 nitrogen and oxygen atoms in total. The van der Waals surface area contributed by atoms with Crippen LogP contribution in [-0.4, -0.2) is 62.7 Å². The lowest BCUT2D eigenvalue weighted by molar-refractivity contribution is -0.277. The molecular formula is C14H15BrClNO6. The van der Waals surface area contributed by atoms with Crippen molar-refractivity contribution < 1.29 is 29.9 Å². The van der Waals surface area contributed by atoms with E-state index in [0.717, 1.165) is 5.52 Å². The third-order valence-electron chi connectivity index (χ3n) is 3.79. The molecule has 3 rings (SSSR count). The first-order chi connectivity index (χ1) is 10.9. The summed E-state index contributed by atoms with van der Waals surface area (Å²) in [5.41, 5.74) is 0.720. The first kappa shape index (κ1) is 17.0. The van der Waals surface area contributed by atoms with Gasteiger partial charge in [-0.15, -0.1) is 0 Å². The summed E-state index contributed by atoms with van der Waals surface area (Å²) >= 11 is 9.58. The molecule has 0 spiro atoms. The molecule has 0 radical (unpaired) electrons. The molecule has 1 aliphatic rings. The number of aromatic nitrogens is 1. The first-order valence-electron chi connectivity index (χ1n) is 6.86. The smallest absolute Gasteiger partial charge is 0.229 e. The average Bonchev–Trinajstić information content (AvgIpc) is 2.95. The van der Waals surface area contributed by atoms with Crippen molar-refractivity contribution in [1.82, 2.24) is 4.98 Å². The van der Waals surface area contributed by atoms with Gasteiger partial charge in [-0.2, -0.15) is 0 Å². The molecule has 1 aromatic carbocycles. The number of H-pyrrole nitrogens is 1. The van der Waals surface area contributed by atoms with Gasteiger partial charge in [0.05, 0.1) is 22.5 Å². The number of nitrogens with one attached hydrogen (secondary N) is 1. The molecule has 0 amide bonds. The molecule has 2 heterocycles. The summed E-state index contributed by atoms with van der Waals surface area (Å²) in [7, 11) is 0. The number of benzene rings is 1. The zero-order valence-electron chi connectivity index (χ0n) is 11.7. The number of aliphatic hydroxyl groups excluding tert-OH is 4. The van der Waals surface area contributed by atoms with Gasteiger partial charge in [0.1, 0.15) is 30.2 Å². The number of aliphatic hydroxyl groups is 4. The summed E-state index contributed by atoms with van der Waals surface area (Å²) in [5.74, 6) is 0.315. The van der Waals surface area contributed by atoms with Crippen LogP contribution in [0.25, 0.3) is 10.9 Å². The Morgan fingerprint density at radius 3 is 2.65 bits per heavy atom. The summed E-state index contributed by atoms with van der Waals surface area (Å²) in [6.45, 7) is -0.523. The van der Waals surface area contributed by atoms with Crippen LogP contribution >= 0.6 is 27.5 Å². The highest BCUT2D eigenvalue weighted by Gasteiger charge is 2.44. The Kier molecular flexibility index (Phi) is 4.84. The van der Waals surface area contributed by atoms with E-state index in [1.165, 1.54) is 0 Å². The van der Waals surface area contributed by atoms with E-state index in [4.69, 9.17) is 21.1 Å². The second kappa shape index (κ2) is 6.56. The normalized spacial score (nSPS) is 31.5. The summed E-state index contributed by atoms with van der Waals surface area (Å²) < 4.78 is 11.6. The monoisotopic (exact) mass is 407 g/mol. The van der Waals surface area contributed by atoms with Crippen molar-refractivity contribution in [2.45, 2.75) is 30.7 Å². The van der Waals surface area contributed by atoms with Crippen molar-refractivity contribution in [3.63, 3.8) is 0 Å². The second-order valence-corrected chi connectivity index (χ2v) is 6.48. The van der Waals surface area contributed by atoms with Gasteiger partial charge in [-0.25, -0.2) is 0 Å². The Bertz CT molecular complexity index is 708. The fourth-order valence-electron chi connectivity index (χ4n) is 2.51. The highest BCUT2D eigenvalue weighted by molar-refractivity contribution is 9.10. The molecule has 0 saturated carbocycles. The van der Waals surface area contributed by atoms with Crippen LogP contribution in [0.1, 0.15) is 0 Å². The van der Waals surface area contributed by atoms with Gasteiger partial charge in [0, 0.05) is 10.7 Å². The van der Waals surface area contributed by atoms with Crippen LogP contribution in [0.4, 0.5) is 0 Å². The zero-order chi connectivity index (χ0) is 16.7. The number of hydrogen-bond acceptors (Lipinski definition) is 6. The third-order valence-corrected chi connectivity index (χ3v) is 5.07. The number of rotatable bonds is 3. The topological polar surface area (TPSA) is 115 Å². The van der Waals surface area contributed by atoms with Crippen LogP contribution in [0, 0.1) is 0 Å². The second-order valence-electron chi connectivity index (χ2n) is 5.25. The van der Waals surface area contributed by atoms with E-state index in [1.807, 2.05) is 0 Å². The highest BCUT2D eigenvalue weighted by atomic mass is 79.9. The molecular weight excluding hydrogens is 394 g/mol. The van der Waals surface area contributed by atoms with E-state index in [2.05, 4.69) is 20.9 Å². The molecule has 9 heteroatoms. The number of fused-ring (bicyclic) bond motifs is 1. The lowest BCUT2D eigenvalue weighted by Gasteiger charge is -2.39. The summed E-state index contributed by atoms with van der Waals surface area (Å²) in [4.78, 5) is 2.98. The van der Waals surface area contributed by atoms with Crippen LogP contribution in [0.15, 0.2) is 22.8 Å². The van der Waals surface area contributed by atoms with Crippen LogP contribution in [0.3, 0.4) is 0 Å². The van der Waals surface area contributed by atoms with Crippen molar-refractivity contribution in [3.05, 3.63) is 27.8 Å². The van der Waals surface area contributed by atoms with Crippen molar-refractivity contribution in [2.24, 2.45) is 0 Å². The Morgan fingerprint density at radius 1 is 1.22 bits per heavy atom. The van der Waals surface area contributed by atoms with Gasteiger partial charge in [-0.05, 0) is 28.1 Å². The molecule has 2 unspecified atom stereocenters. The first-order valence-corrected chi connectivity index (χ1v) is 8.03. The van der Waals surface area contributed by atoms with Gasteiger partial charge in [-0.1, -0.05) is 11.6 Å². The Hall–Kier alpha value is -0.870. The minimum absolute atomic E-state index is 0.315.